The molecule has 42 heavy (non-hydrogen) atoms. The van der Waals surface area contributed by atoms with Gasteiger partial charge in [-0.2, -0.15) is 23.5 Å². The molecule has 3 heterocycles. The number of amides is 2. The fourth-order valence-corrected chi connectivity index (χ4v) is 5.30. The van der Waals surface area contributed by atoms with Crippen molar-refractivity contribution in [1.29, 1.82) is 5.26 Å². The van der Waals surface area contributed by atoms with Crippen LogP contribution in [0.2, 0.25) is 0 Å². The van der Waals surface area contributed by atoms with Crippen LogP contribution >= 0.6 is 0 Å². The Kier molecular flexibility index (Phi) is 8.12. The predicted molar refractivity (Wildman–Crippen MR) is 138 cm³/mol. The zero-order valence-electron chi connectivity index (χ0n) is 22.4. The Morgan fingerprint density at radius 3 is 2.48 bits per heavy atom. The lowest BCUT2D eigenvalue weighted by molar-refractivity contribution is -0.144. The normalized spacial score (nSPS) is 18.7. The highest BCUT2D eigenvalue weighted by molar-refractivity contribution is 5.92. The molecule has 0 spiro atoms. The molecule has 2 aliphatic rings. The van der Waals surface area contributed by atoms with Crippen LogP contribution in [0.25, 0.3) is 5.65 Å². The fourth-order valence-electron chi connectivity index (χ4n) is 5.30. The minimum atomic E-state index is -4.44. The summed E-state index contributed by atoms with van der Waals surface area (Å²) in [5, 5.41) is 19.1. The molecular weight excluding hydrogens is 561 g/mol. The second kappa shape index (κ2) is 11.6. The standard InChI is InChI=1S/C28H28F5N7O2/c29-27(30)7-3-18(4-8-27)25(39-26(42)20-11-16(13-34)6-10-35-20)21-15-40-22(37-21)12-19(14-36-40)24(17-1-2-17)38-23(41)5-9-28(31,32)33/h6,10-12,14-15,17-18,24-25H,1-5,7-9H2,(H,38,41)(H,39,42)/t24?,25-/m0/s1. The van der Waals surface area contributed by atoms with Crippen molar-refractivity contribution < 1.29 is 31.5 Å². The molecule has 0 bridgehead atoms. The third-order valence-electron chi connectivity index (χ3n) is 7.72. The molecule has 2 fully saturated rings. The van der Waals surface area contributed by atoms with Crippen LogP contribution in [0.1, 0.15) is 90.8 Å². The van der Waals surface area contributed by atoms with E-state index >= 15 is 0 Å². The summed E-state index contributed by atoms with van der Waals surface area (Å²) < 4.78 is 67.2. The molecule has 5 rings (SSSR count). The number of aromatic nitrogens is 4. The first-order valence-corrected chi connectivity index (χ1v) is 13.7. The van der Waals surface area contributed by atoms with E-state index in [1.807, 2.05) is 6.07 Å². The molecule has 2 amide bonds. The van der Waals surface area contributed by atoms with Gasteiger partial charge in [-0.25, -0.2) is 18.3 Å². The monoisotopic (exact) mass is 589 g/mol. The second-order valence-corrected chi connectivity index (χ2v) is 10.9. The van der Waals surface area contributed by atoms with Gasteiger partial charge < -0.3 is 10.6 Å². The van der Waals surface area contributed by atoms with Gasteiger partial charge in [-0.3, -0.25) is 14.6 Å². The van der Waals surface area contributed by atoms with Crippen LogP contribution in [0.4, 0.5) is 22.0 Å². The third-order valence-corrected chi connectivity index (χ3v) is 7.72. The molecular formula is C28H28F5N7O2. The summed E-state index contributed by atoms with van der Waals surface area (Å²) in [5.74, 6) is -4.38. The molecule has 0 saturated heterocycles. The van der Waals surface area contributed by atoms with Crippen molar-refractivity contribution >= 4 is 17.5 Å². The van der Waals surface area contributed by atoms with Crippen molar-refractivity contribution in [2.75, 3.05) is 0 Å². The maximum atomic E-state index is 14.0. The molecule has 1 unspecified atom stereocenters. The van der Waals surface area contributed by atoms with E-state index in [-0.39, 0.29) is 48.8 Å². The number of alkyl halides is 5. The Balaban J connectivity index is 1.40. The predicted octanol–water partition coefficient (Wildman–Crippen LogP) is 5.20. The molecule has 2 saturated carbocycles. The van der Waals surface area contributed by atoms with Gasteiger partial charge >= 0.3 is 6.18 Å². The van der Waals surface area contributed by atoms with Crippen LogP contribution in [0.3, 0.4) is 0 Å². The highest BCUT2D eigenvalue weighted by atomic mass is 19.4. The minimum Gasteiger partial charge on any atom is -0.349 e. The zero-order valence-corrected chi connectivity index (χ0v) is 22.4. The van der Waals surface area contributed by atoms with Crippen molar-refractivity contribution in [3.63, 3.8) is 0 Å². The largest absolute Gasteiger partial charge is 0.389 e. The van der Waals surface area contributed by atoms with E-state index in [1.165, 1.54) is 29.0 Å². The zero-order chi connectivity index (χ0) is 30.1. The van der Waals surface area contributed by atoms with E-state index in [9.17, 15) is 36.8 Å². The third kappa shape index (κ3) is 7.18. The van der Waals surface area contributed by atoms with Gasteiger partial charge in [0.05, 0.1) is 48.2 Å². The van der Waals surface area contributed by atoms with E-state index in [0.717, 1.165) is 12.8 Å². The number of imidazole rings is 1. The van der Waals surface area contributed by atoms with Crippen LogP contribution < -0.4 is 10.6 Å². The maximum Gasteiger partial charge on any atom is 0.389 e. The van der Waals surface area contributed by atoms with Gasteiger partial charge in [-0.05, 0) is 61.3 Å². The van der Waals surface area contributed by atoms with Crippen molar-refractivity contribution in [3.05, 3.63) is 59.3 Å². The van der Waals surface area contributed by atoms with Crippen molar-refractivity contribution in [3.8, 4) is 6.07 Å². The van der Waals surface area contributed by atoms with E-state index in [0.29, 0.717) is 16.9 Å². The second-order valence-electron chi connectivity index (χ2n) is 10.9. The molecule has 0 aromatic carbocycles. The lowest BCUT2D eigenvalue weighted by Gasteiger charge is -2.33. The van der Waals surface area contributed by atoms with Gasteiger partial charge in [0.25, 0.3) is 5.91 Å². The lowest BCUT2D eigenvalue weighted by Crippen LogP contribution is -2.37. The van der Waals surface area contributed by atoms with E-state index in [1.54, 1.807) is 12.3 Å². The first kappa shape index (κ1) is 29.3. The van der Waals surface area contributed by atoms with Crippen LogP contribution in [0.5, 0.6) is 0 Å². The number of hydrogen-bond acceptors (Lipinski definition) is 6. The summed E-state index contributed by atoms with van der Waals surface area (Å²) in [5.41, 5.74) is 1.57. The number of nitrogens with zero attached hydrogens (tertiary/aromatic N) is 5. The number of carbonyl (C=O) groups is 2. The molecule has 2 atom stereocenters. The van der Waals surface area contributed by atoms with E-state index < -0.39 is 48.8 Å². The lowest BCUT2D eigenvalue weighted by atomic mass is 9.81. The Hall–Kier alpha value is -4.15. The smallest absolute Gasteiger partial charge is 0.349 e. The summed E-state index contributed by atoms with van der Waals surface area (Å²) in [4.78, 5) is 34.1. The van der Waals surface area contributed by atoms with Crippen molar-refractivity contribution in [2.24, 2.45) is 11.8 Å². The summed E-state index contributed by atoms with van der Waals surface area (Å²) in [6.07, 6.45) is -0.676. The number of pyridine rings is 1. The highest BCUT2D eigenvalue weighted by Crippen LogP contribution is 2.43. The Morgan fingerprint density at radius 2 is 1.81 bits per heavy atom. The van der Waals surface area contributed by atoms with Gasteiger partial charge in [-0.15, -0.1) is 0 Å². The fraction of sp³-hybridized carbons (Fsp3) is 0.500. The molecule has 222 valence electrons. The summed E-state index contributed by atoms with van der Waals surface area (Å²) in [6, 6.07) is 5.12. The molecule has 0 aliphatic heterocycles. The maximum absolute atomic E-state index is 14.0. The Labute approximate surface area is 237 Å². The molecule has 3 aromatic rings. The number of nitrogens with one attached hydrogen (secondary N) is 2. The van der Waals surface area contributed by atoms with Gasteiger partial charge in [0.1, 0.15) is 5.69 Å². The number of fused-ring (bicyclic) bond motifs is 1. The number of rotatable bonds is 9. The number of carbonyl (C=O) groups excluding carboxylic acids is 2. The number of hydrogen-bond donors (Lipinski definition) is 2. The molecule has 0 radical (unpaired) electrons. The summed E-state index contributed by atoms with van der Waals surface area (Å²) >= 11 is 0. The van der Waals surface area contributed by atoms with Crippen LogP contribution in [-0.4, -0.2) is 43.5 Å². The Morgan fingerprint density at radius 1 is 1.10 bits per heavy atom. The average molecular weight is 590 g/mol. The van der Waals surface area contributed by atoms with Gasteiger partial charge in [-0.1, -0.05) is 0 Å². The first-order valence-electron chi connectivity index (χ1n) is 13.7. The first-order chi connectivity index (χ1) is 19.9. The van der Waals surface area contributed by atoms with Gasteiger partial charge in [0, 0.05) is 25.5 Å². The topological polar surface area (TPSA) is 125 Å². The van der Waals surface area contributed by atoms with E-state index in [2.05, 4.69) is 25.7 Å². The molecule has 2 aliphatic carbocycles. The quantitative estimate of drug-likeness (QED) is 0.331. The Bertz CT molecular complexity index is 1500. The number of nitriles is 1. The van der Waals surface area contributed by atoms with Gasteiger partial charge in [0.2, 0.25) is 11.8 Å². The van der Waals surface area contributed by atoms with Gasteiger partial charge in [0.15, 0.2) is 5.65 Å². The molecule has 9 nitrogen and oxygen atoms in total. The van der Waals surface area contributed by atoms with Crippen LogP contribution in [0.15, 0.2) is 36.8 Å². The van der Waals surface area contributed by atoms with Crippen LogP contribution in [0, 0.1) is 23.2 Å². The van der Waals surface area contributed by atoms with Crippen molar-refractivity contribution in [2.45, 2.75) is 75.5 Å². The highest BCUT2D eigenvalue weighted by Gasteiger charge is 2.40. The minimum absolute atomic E-state index is 0.00194. The van der Waals surface area contributed by atoms with Crippen molar-refractivity contribution in [1.82, 2.24) is 30.2 Å². The molecule has 2 N–H and O–H groups in total. The van der Waals surface area contributed by atoms with Crippen LogP contribution in [-0.2, 0) is 4.79 Å². The SMILES string of the molecule is N#Cc1ccnc(C(=O)N[C@H](c2cn3ncc(C(NC(=O)CCC(F)(F)F)C4CC4)cc3n2)C2CCC(F)(F)CC2)c1. The molecule has 14 heteroatoms. The summed E-state index contributed by atoms with van der Waals surface area (Å²) in [6.45, 7) is 0. The van der Waals surface area contributed by atoms with E-state index in [4.69, 9.17) is 0 Å². The summed E-state index contributed by atoms with van der Waals surface area (Å²) in [7, 11) is 0. The average Bonchev–Trinajstić information content (AvgIpc) is 3.71. The number of halogens is 5. The molecule has 3 aromatic heterocycles.